The molecule has 0 saturated heterocycles. The Balaban J connectivity index is 1.87. The molecule has 31 heavy (non-hydrogen) atoms. The predicted octanol–water partition coefficient (Wildman–Crippen LogP) is 2.01. The van der Waals surface area contributed by atoms with E-state index in [2.05, 4.69) is 5.32 Å². The molecule has 0 aromatic heterocycles. The molecule has 0 aliphatic heterocycles. The fourth-order valence-corrected chi connectivity index (χ4v) is 4.12. The normalized spacial score (nSPS) is 11.2. The van der Waals surface area contributed by atoms with Gasteiger partial charge in [-0.1, -0.05) is 13.8 Å². The lowest BCUT2D eigenvalue weighted by atomic mass is 10.1. The number of ketones is 1. The number of hydrogen-bond acceptors (Lipinski definition) is 6. The van der Waals surface area contributed by atoms with E-state index in [4.69, 9.17) is 4.74 Å². The van der Waals surface area contributed by atoms with E-state index in [0.29, 0.717) is 13.1 Å². The predicted molar refractivity (Wildman–Crippen MR) is 111 cm³/mol. The third-order valence-electron chi connectivity index (χ3n) is 4.38. The molecular weight excluding hydrogens is 427 g/mol. The molecule has 0 saturated carbocycles. The summed E-state index contributed by atoms with van der Waals surface area (Å²) in [6.07, 6.45) is 0. The smallest absolute Gasteiger partial charge is 0.325 e. The summed E-state index contributed by atoms with van der Waals surface area (Å²) in [7, 11) is -3.64. The van der Waals surface area contributed by atoms with Crippen LogP contribution in [0, 0.1) is 5.82 Å². The molecule has 0 bridgehead atoms. The monoisotopic (exact) mass is 450 g/mol. The van der Waals surface area contributed by atoms with Crippen LogP contribution in [-0.2, 0) is 19.6 Å². The first-order valence-corrected chi connectivity index (χ1v) is 11.0. The molecule has 0 fully saturated rings. The van der Waals surface area contributed by atoms with E-state index in [1.165, 1.54) is 40.7 Å². The van der Waals surface area contributed by atoms with Crippen molar-refractivity contribution in [3.05, 3.63) is 65.5 Å². The second-order valence-electron chi connectivity index (χ2n) is 6.39. The topological polar surface area (TPSA) is 110 Å². The highest BCUT2D eigenvalue weighted by atomic mass is 32.2. The minimum atomic E-state index is -3.64. The number of benzene rings is 2. The number of carbonyl (C=O) groups excluding carboxylic acids is 3. The summed E-state index contributed by atoms with van der Waals surface area (Å²) in [4.78, 5) is 35.9. The summed E-state index contributed by atoms with van der Waals surface area (Å²) >= 11 is 0. The number of Topliss-reactive ketones (excluding diaryl/α,β-unsaturated/α-hetero) is 1. The molecule has 2 rings (SSSR count). The molecule has 0 aliphatic rings. The summed E-state index contributed by atoms with van der Waals surface area (Å²) in [6, 6.07) is 10.1. The Morgan fingerprint density at radius 1 is 0.935 bits per heavy atom. The van der Waals surface area contributed by atoms with E-state index in [1.807, 2.05) is 0 Å². The standard InChI is InChI=1S/C21H23FN2O6S/c1-3-24(4-2)31(28,29)18-11-7-16(8-12-18)21(27)23-13-20(26)30-14-19(25)15-5-9-17(22)10-6-15/h5-12H,3-4,13-14H2,1-2H3,(H,23,27). The Labute approximate surface area is 180 Å². The van der Waals surface area contributed by atoms with Gasteiger partial charge >= 0.3 is 5.97 Å². The van der Waals surface area contributed by atoms with Gasteiger partial charge in [0.05, 0.1) is 4.90 Å². The Hall–Kier alpha value is -3.11. The maximum absolute atomic E-state index is 12.9. The fraction of sp³-hybridized carbons (Fsp3) is 0.286. The highest BCUT2D eigenvalue weighted by Crippen LogP contribution is 2.16. The van der Waals surface area contributed by atoms with Crippen molar-refractivity contribution in [2.75, 3.05) is 26.2 Å². The first-order chi connectivity index (χ1) is 14.7. The minimum absolute atomic E-state index is 0.0615. The van der Waals surface area contributed by atoms with Gasteiger partial charge in [-0.2, -0.15) is 4.31 Å². The molecule has 10 heteroatoms. The maximum Gasteiger partial charge on any atom is 0.325 e. The van der Waals surface area contributed by atoms with Crippen LogP contribution < -0.4 is 5.32 Å². The molecule has 0 unspecified atom stereocenters. The van der Waals surface area contributed by atoms with Gasteiger partial charge in [-0.05, 0) is 48.5 Å². The number of halogens is 1. The highest BCUT2D eigenvalue weighted by molar-refractivity contribution is 7.89. The van der Waals surface area contributed by atoms with E-state index in [0.717, 1.165) is 12.1 Å². The SMILES string of the molecule is CCN(CC)S(=O)(=O)c1ccc(C(=O)NCC(=O)OCC(=O)c2ccc(F)cc2)cc1. The van der Waals surface area contributed by atoms with Crippen LogP contribution in [0.3, 0.4) is 0 Å². The molecule has 8 nitrogen and oxygen atoms in total. The first-order valence-electron chi connectivity index (χ1n) is 9.51. The molecule has 0 spiro atoms. The number of ether oxygens (including phenoxy) is 1. The Morgan fingerprint density at radius 3 is 2.03 bits per heavy atom. The zero-order valence-corrected chi connectivity index (χ0v) is 17.9. The molecule has 1 amide bonds. The molecule has 166 valence electrons. The van der Waals surface area contributed by atoms with E-state index in [-0.39, 0.29) is 16.0 Å². The largest absolute Gasteiger partial charge is 0.456 e. The van der Waals surface area contributed by atoms with Gasteiger partial charge in [-0.15, -0.1) is 0 Å². The van der Waals surface area contributed by atoms with Crippen molar-refractivity contribution in [2.24, 2.45) is 0 Å². The van der Waals surface area contributed by atoms with Gasteiger partial charge in [0.15, 0.2) is 12.4 Å². The van der Waals surface area contributed by atoms with Crippen LogP contribution in [0.2, 0.25) is 0 Å². The number of sulfonamides is 1. The maximum atomic E-state index is 12.9. The minimum Gasteiger partial charge on any atom is -0.456 e. The van der Waals surface area contributed by atoms with Crippen LogP contribution in [0.5, 0.6) is 0 Å². The number of nitrogens with one attached hydrogen (secondary N) is 1. The van der Waals surface area contributed by atoms with Gasteiger partial charge in [0.25, 0.3) is 5.91 Å². The average Bonchev–Trinajstić information content (AvgIpc) is 2.77. The second kappa shape index (κ2) is 10.8. The van der Waals surface area contributed by atoms with Crippen molar-refractivity contribution >= 4 is 27.7 Å². The molecule has 0 heterocycles. The van der Waals surface area contributed by atoms with Crippen LogP contribution in [0.1, 0.15) is 34.6 Å². The van der Waals surface area contributed by atoms with Crippen LogP contribution in [0.15, 0.2) is 53.4 Å². The van der Waals surface area contributed by atoms with Gasteiger partial charge in [0, 0.05) is 24.2 Å². The average molecular weight is 450 g/mol. The summed E-state index contributed by atoms with van der Waals surface area (Å²) < 4.78 is 43.9. The Bertz CT molecular complexity index is 1030. The summed E-state index contributed by atoms with van der Waals surface area (Å²) in [5, 5.41) is 2.34. The van der Waals surface area contributed by atoms with Crippen molar-refractivity contribution in [3.8, 4) is 0 Å². The fourth-order valence-electron chi connectivity index (χ4n) is 2.66. The van der Waals surface area contributed by atoms with Gasteiger partial charge < -0.3 is 10.1 Å². The number of amides is 1. The lowest BCUT2D eigenvalue weighted by Crippen LogP contribution is -2.32. The summed E-state index contributed by atoms with van der Waals surface area (Å²) in [5.74, 6) is -2.43. The van der Waals surface area contributed by atoms with Gasteiger partial charge in [-0.25, -0.2) is 12.8 Å². The quantitative estimate of drug-likeness (QED) is 0.438. The van der Waals surface area contributed by atoms with Crippen molar-refractivity contribution < 1.29 is 31.9 Å². The first kappa shape index (κ1) is 24.2. The molecule has 0 atom stereocenters. The van der Waals surface area contributed by atoms with E-state index < -0.39 is 46.7 Å². The zero-order valence-electron chi connectivity index (χ0n) is 17.1. The van der Waals surface area contributed by atoms with Gasteiger partial charge in [0.2, 0.25) is 10.0 Å². The number of carbonyl (C=O) groups is 3. The summed E-state index contributed by atoms with van der Waals surface area (Å²) in [6.45, 7) is 3.09. The molecule has 0 aliphatic carbocycles. The molecular formula is C21H23FN2O6S. The van der Waals surface area contributed by atoms with Crippen LogP contribution in [-0.4, -0.2) is 56.6 Å². The van der Waals surface area contributed by atoms with Crippen molar-refractivity contribution in [1.82, 2.24) is 9.62 Å². The van der Waals surface area contributed by atoms with Crippen LogP contribution in [0.4, 0.5) is 4.39 Å². The number of rotatable bonds is 10. The summed E-state index contributed by atoms with van der Waals surface area (Å²) in [5.41, 5.74) is 0.353. The second-order valence-corrected chi connectivity index (χ2v) is 8.33. The molecule has 0 radical (unpaired) electrons. The van der Waals surface area contributed by atoms with Crippen molar-refractivity contribution in [1.29, 1.82) is 0 Å². The molecule has 2 aromatic carbocycles. The van der Waals surface area contributed by atoms with Gasteiger partial charge in [-0.3, -0.25) is 14.4 Å². The van der Waals surface area contributed by atoms with E-state index in [9.17, 15) is 27.2 Å². The number of esters is 1. The van der Waals surface area contributed by atoms with Crippen LogP contribution in [0.25, 0.3) is 0 Å². The highest BCUT2D eigenvalue weighted by Gasteiger charge is 2.21. The molecule has 2 aromatic rings. The number of nitrogens with zero attached hydrogens (tertiary/aromatic N) is 1. The molecule has 1 N–H and O–H groups in total. The lowest BCUT2D eigenvalue weighted by molar-refractivity contribution is -0.141. The third-order valence-corrected chi connectivity index (χ3v) is 6.45. The Kier molecular flexibility index (Phi) is 8.40. The van der Waals surface area contributed by atoms with Crippen molar-refractivity contribution in [2.45, 2.75) is 18.7 Å². The van der Waals surface area contributed by atoms with E-state index >= 15 is 0 Å². The zero-order chi connectivity index (χ0) is 23.0. The van der Waals surface area contributed by atoms with Gasteiger partial charge in [0.1, 0.15) is 12.4 Å². The Morgan fingerprint density at radius 2 is 1.48 bits per heavy atom. The van der Waals surface area contributed by atoms with Crippen LogP contribution >= 0.6 is 0 Å². The lowest BCUT2D eigenvalue weighted by Gasteiger charge is -2.18. The van der Waals surface area contributed by atoms with Crippen molar-refractivity contribution in [3.63, 3.8) is 0 Å². The third kappa shape index (κ3) is 6.43. The number of hydrogen-bond donors (Lipinski definition) is 1. The van der Waals surface area contributed by atoms with E-state index in [1.54, 1.807) is 13.8 Å².